The van der Waals surface area contributed by atoms with Crippen LogP contribution in [0.15, 0.2) is 12.2 Å². The van der Waals surface area contributed by atoms with Gasteiger partial charge in [0.25, 0.3) is 0 Å². The van der Waals surface area contributed by atoms with Crippen molar-refractivity contribution in [1.29, 1.82) is 0 Å². The molecule has 1 aliphatic rings. The lowest BCUT2D eigenvalue weighted by Crippen LogP contribution is -2.60. The number of rotatable bonds is 39. The number of carbonyl (C=O) groups is 1. The number of hydrogen-bond acceptors (Lipinski definition) is 10. The summed E-state index contributed by atoms with van der Waals surface area (Å²) < 4.78 is 11.1. The standard InChI is InChI=1S/C46H89NO10/c1-3-5-7-9-11-13-15-16-17-18-19-20-21-22-23-24-26-28-30-32-34-39(50)45(55)47-37(36-56-46-44(54)43(53)42(52)40(35-48)57-46)41(51)38(49)33-31-29-27-25-14-12-10-8-6-4-2/h25,27,37-44,46,48-54H,3-24,26,28-36H2,1-2H3,(H,47,55)/b27-25+. The minimum Gasteiger partial charge on any atom is -0.394 e. The van der Waals surface area contributed by atoms with E-state index in [2.05, 4.69) is 31.3 Å². The van der Waals surface area contributed by atoms with Crippen molar-refractivity contribution in [2.45, 2.75) is 262 Å². The zero-order valence-electron chi connectivity index (χ0n) is 36.3. The van der Waals surface area contributed by atoms with Crippen LogP contribution >= 0.6 is 0 Å². The Bertz CT molecular complexity index is 939. The fourth-order valence-corrected chi connectivity index (χ4v) is 7.62. The van der Waals surface area contributed by atoms with Crippen LogP contribution < -0.4 is 5.32 Å². The topological polar surface area (TPSA) is 189 Å². The van der Waals surface area contributed by atoms with Crippen molar-refractivity contribution in [3.05, 3.63) is 12.2 Å². The lowest BCUT2D eigenvalue weighted by atomic mass is 9.98. The summed E-state index contributed by atoms with van der Waals surface area (Å²) in [4.78, 5) is 13.1. The first kappa shape index (κ1) is 53.9. The molecule has 0 aliphatic carbocycles. The van der Waals surface area contributed by atoms with Crippen LogP contribution in [0.25, 0.3) is 0 Å². The highest BCUT2D eigenvalue weighted by Gasteiger charge is 2.44. The molecule has 0 aromatic carbocycles. The van der Waals surface area contributed by atoms with E-state index in [0.717, 1.165) is 38.5 Å². The molecule has 1 rings (SSSR count). The van der Waals surface area contributed by atoms with Crippen molar-refractivity contribution >= 4 is 5.91 Å². The van der Waals surface area contributed by atoms with Crippen molar-refractivity contribution in [2.75, 3.05) is 13.2 Å². The molecular formula is C46H89NO10. The quantitative estimate of drug-likeness (QED) is 0.0226. The average Bonchev–Trinajstić information content (AvgIpc) is 3.21. The molecule has 9 unspecified atom stereocenters. The zero-order valence-corrected chi connectivity index (χ0v) is 36.3. The number of allylic oxidation sites excluding steroid dienone is 2. The predicted octanol–water partition coefficient (Wildman–Crippen LogP) is 7.67. The van der Waals surface area contributed by atoms with E-state index in [1.165, 1.54) is 128 Å². The summed E-state index contributed by atoms with van der Waals surface area (Å²) in [5.74, 6) is -0.705. The molecule has 9 atom stereocenters. The number of carbonyl (C=O) groups excluding carboxylic acids is 1. The SMILES string of the molecule is CCCCCCC/C=C/CCCC(O)C(O)C(COC1OC(CO)C(O)C(O)C1O)NC(=O)C(O)CCCCCCCCCCCCCCCCCCCCCC. The largest absolute Gasteiger partial charge is 0.394 e. The first-order valence-electron chi connectivity index (χ1n) is 23.6. The highest BCUT2D eigenvalue weighted by Crippen LogP contribution is 2.23. The molecule has 0 aromatic heterocycles. The van der Waals surface area contributed by atoms with Crippen LogP contribution in [-0.4, -0.2) is 110 Å². The van der Waals surface area contributed by atoms with E-state index in [0.29, 0.717) is 12.8 Å². The molecule has 0 aromatic rings. The van der Waals surface area contributed by atoms with Gasteiger partial charge in [-0.1, -0.05) is 180 Å². The number of amides is 1. The van der Waals surface area contributed by atoms with Gasteiger partial charge in [-0.3, -0.25) is 4.79 Å². The Balaban J connectivity index is 2.39. The van der Waals surface area contributed by atoms with Crippen molar-refractivity contribution in [1.82, 2.24) is 5.32 Å². The first-order chi connectivity index (χ1) is 27.7. The highest BCUT2D eigenvalue weighted by molar-refractivity contribution is 5.80. The average molecular weight is 816 g/mol. The van der Waals surface area contributed by atoms with E-state index in [1.807, 2.05) is 0 Å². The van der Waals surface area contributed by atoms with Crippen LogP contribution in [0.2, 0.25) is 0 Å². The van der Waals surface area contributed by atoms with Crippen LogP contribution in [0.4, 0.5) is 0 Å². The lowest BCUT2D eigenvalue weighted by molar-refractivity contribution is -0.303. The summed E-state index contributed by atoms with van der Waals surface area (Å²) in [5.41, 5.74) is 0. The van der Waals surface area contributed by atoms with E-state index >= 15 is 0 Å². The number of hydrogen-bond donors (Lipinski definition) is 8. The molecule has 8 N–H and O–H groups in total. The molecule has 0 saturated carbocycles. The summed E-state index contributed by atoms with van der Waals surface area (Å²) >= 11 is 0. The van der Waals surface area contributed by atoms with Gasteiger partial charge < -0.3 is 50.5 Å². The van der Waals surface area contributed by atoms with E-state index in [1.54, 1.807) is 0 Å². The highest BCUT2D eigenvalue weighted by atomic mass is 16.7. The van der Waals surface area contributed by atoms with Crippen LogP contribution in [0.3, 0.4) is 0 Å². The molecule has 1 heterocycles. The molecule has 0 bridgehead atoms. The van der Waals surface area contributed by atoms with Crippen molar-refractivity contribution in [2.24, 2.45) is 0 Å². The fourth-order valence-electron chi connectivity index (χ4n) is 7.62. The third-order valence-corrected chi connectivity index (χ3v) is 11.6. The second kappa shape index (κ2) is 36.7. The number of aliphatic hydroxyl groups excluding tert-OH is 7. The molecule has 1 fully saturated rings. The summed E-state index contributed by atoms with van der Waals surface area (Å²) in [7, 11) is 0. The molecule has 0 radical (unpaired) electrons. The third-order valence-electron chi connectivity index (χ3n) is 11.6. The van der Waals surface area contributed by atoms with Gasteiger partial charge in [-0.25, -0.2) is 0 Å². The van der Waals surface area contributed by atoms with Crippen LogP contribution in [0.1, 0.15) is 206 Å². The summed E-state index contributed by atoms with van der Waals surface area (Å²) in [5, 5.41) is 75.5. The predicted molar refractivity (Wildman–Crippen MR) is 229 cm³/mol. The van der Waals surface area contributed by atoms with Gasteiger partial charge >= 0.3 is 0 Å². The molecule has 1 aliphatic heterocycles. The Kier molecular flexibility index (Phi) is 34.7. The van der Waals surface area contributed by atoms with Gasteiger partial charge in [0.15, 0.2) is 6.29 Å². The Labute approximate surface area is 347 Å². The number of ether oxygens (including phenoxy) is 2. The van der Waals surface area contributed by atoms with Gasteiger partial charge in [-0.15, -0.1) is 0 Å². The van der Waals surface area contributed by atoms with Gasteiger partial charge in [-0.05, 0) is 38.5 Å². The summed E-state index contributed by atoms with van der Waals surface area (Å²) in [6.07, 6.45) is 27.1. The van der Waals surface area contributed by atoms with Gasteiger partial charge in [-0.2, -0.15) is 0 Å². The Morgan fingerprint density at radius 3 is 1.51 bits per heavy atom. The van der Waals surface area contributed by atoms with Crippen molar-refractivity contribution in [3.63, 3.8) is 0 Å². The molecule has 338 valence electrons. The molecule has 57 heavy (non-hydrogen) atoms. The van der Waals surface area contributed by atoms with Crippen molar-refractivity contribution in [3.8, 4) is 0 Å². The normalized spacial score (nSPS) is 22.2. The van der Waals surface area contributed by atoms with Gasteiger partial charge in [0.2, 0.25) is 5.91 Å². The van der Waals surface area contributed by atoms with Crippen molar-refractivity contribution < 1.29 is 50.0 Å². The maximum absolute atomic E-state index is 13.1. The Morgan fingerprint density at radius 1 is 0.596 bits per heavy atom. The van der Waals surface area contributed by atoms with Gasteiger partial charge in [0, 0.05) is 0 Å². The maximum atomic E-state index is 13.1. The lowest BCUT2D eigenvalue weighted by Gasteiger charge is -2.40. The molecule has 11 nitrogen and oxygen atoms in total. The maximum Gasteiger partial charge on any atom is 0.249 e. The van der Waals surface area contributed by atoms with Crippen LogP contribution in [0, 0.1) is 0 Å². The second-order valence-electron chi connectivity index (χ2n) is 16.8. The van der Waals surface area contributed by atoms with E-state index in [-0.39, 0.29) is 12.8 Å². The number of unbranched alkanes of at least 4 members (excludes halogenated alkanes) is 25. The molecule has 1 saturated heterocycles. The van der Waals surface area contributed by atoms with Gasteiger partial charge in [0.05, 0.1) is 25.4 Å². The summed E-state index contributed by atoms with van der Waals surface area (Å²) in [6.45, 7) is 3.40. The molecule has 1 amide bonds. The zero-order chi connectivity index (χ0) is 41.9. The first-order valence-corrected chi connectivity index (χ1v) is 23.6. The molecule has 11 heteroatoms. The molecule has 0 spiro atoms. The number of nitrogens with one attached hydrogen (secondary N) is 1. The Morgan fingerprint density at radius 2 is 1.04 bits per heavy atom. The van der Waals surface area contributed by atoms with Gasteiger partial charge in [0.1, 0.15) is 36.6 Å². The van der Waals surface area contributed by atoms with E-state index in [4.69, 9.17) is 9.47 Å². The van der Waals surface area contributed by atoms with Crippen LogP contribution in [0.5, 0.6) is 0 Å². The Hall–Kier alpha value is -1.15. The minimum atomic E-state index is -1.66. The minimum absolute atomic E-state index is 0.259. The van der Waals surface area contributed by atoms with Crippen LogP contribution in [-0.2, 0) is 14.3 Å². The summed E-state index contributed by atoms with van der Waals surface area (Å²) in [6, 6.07) is -1.18. The van der Waals surface area contributed by atoms with E-state index < -0.39 is 74.2 Å². The fraction of sp³-hybridized carbons (Fsp3) is 0.935. The third kappa shape index (κ3) is 26.6. The monoisotopic (exact) mass is 816 g/mol. The number of aliphatic hydroxyl groups is 7. The molecular weight excluding hydrogens is 727 g/mol. The second-order valence-corrected chi connectivity index (χ2v) is 16.8. The van der Waals surface area contributed by atoms with E-state index in [9.17, 15) is 40.5 Å². The smallest absolute Gasteiger partial charge is 0.249 e.